The standard InChI is InChI=1S/C23H32N2O2/c1-25(2)16-19-12-10-18(11-13-19)14-24-15-21(26)17-27-23-9-5-7-20-6-3-4-8-22(20)23/h3-4,6,8,10-13,21,23-24,26H,5,7,9,14-17H2,1-2H3/t21-,23-/m1/s1. The van der Waals surface area contributed by atoms with Gasteiger partial charge in [0, 0.05) is 19.6 Å². The fourth-order valence-electron chi connectivity index (χ4n) is 3.68. The van der Waals surface area contributed by atoms with Gasteiger partial charge in [0.1, 0.15) is 0 Å². The minimum Gasteiger partial charge on any atom is -0.389 e. The number of rotatable bonds is 9. The van der Waals surface area contributed by atoms with Crippen LogP contribution in [0, 0.1) is 0 Å². The van der Waals surface area contributed by atoms with Gasteiger partial charge in [-0.25, -0.2) is 0 Å². The van der Waals surface area contributed by atoms with Crippen molar-refractivity contribution in [2.45, 2.75) is 44.6 Å². The Morgan fingerprint density at radius 1 is 1.11 bits per heavy atom. The maximum Gasteiger partial charge on any atom is 0.0898 e. The van der Waals surface area contributed by atoms with E-state index in [0.29, 0.717) is 13.2 Å². The average molecular weight is 369 g/mol. The summed E-state index contributed by atoms with van der Waals surface area (Å²) in [6, 6.07) is 17.1. The smallest absolute Gasteiger partial charge is 0.0898 e. The van der Waals surface area contributed by atoms with Crippen LogP contribution in [0.4, 0.5) is 0 Å². The van der Waals surface area contributed by atoms with E-state index in [-0.39, 0.29) is 6.10 Å². The van der Waals surface area contributed by atoms with E-state index in [2.05, 4.69) is 72.8 Å². The van der Waals surface area contributed by atoms with Crippen LogP contribution in [0.2, 0.25) is 0 Å². The predicted molar refractivity (Wildman–Crippen MR) is 110 cm³/mol. The molecule has 2 aromatic carbocycles. The highest BCUT2D eigenvalue weighted by molar-refractivity contribution is 5.31. The molecular formula is C23H32N2O2. The van der Waals surface area contributed by atoms with Crippen molar-refractivity contribution in [2.24, 2.45) is 0 Å². The van der Waals surface area contributed by atoms with Crippen molar-refractivity contribution in [3.8, 4) is 0 Å². The lowest BCUT2D eigenvalue weighted by Crippen LogP contribution is -2.31. The monoisotopic (exact) mass is 368 g/mol. The van der Waals surface area contributed by atoms with E-state index in [1.807, 2.05) is 0 Å². The minimum absolute atomic E-state index is 0.119. The first-order valence-electron chi connectivity index (χ1n) is 9.92. The van der Waals surface area contributed by atoms with Gasteiger partial charge in [-0.3, -0.25) is 0 Å². The number of fused-ring (bicyclic) bond motifs is 1. The van der Waals surface area contributed by atoms with E-state index in [1.165, 1.54) is 22.3 Å². The Labute approximate surface area is 163 Å². The molecular weight excluding hydrogens is 336 g/mol. The molecule has 2 aromatic rings. The summed E-state index contributed by atoms with van der Waals surface area (Å²) in [7, 11) is 4.15. The van der Waals surface area contributed by atoms with Gasteiger partial charge in [0.25, 0.3) is 0 Å². The van der Waals surface area contributed by atoms with E-state index < -0.39 is 6.10 Å². The molecule has 4 heteroatoms. The van der Waals surface area contributed by atoms with Crippen LogP contribution in [-0.2, 0) is 24.2 Å². The lowest BCUT2D eigenvalue weighted by molar-refractivity contribution is -0.0167. The third-order valence-corrected chi connectivity index (χ3v) is 5.04. The molecule has 1 aliphatic carbocycles. The normalized spacial score (nSPS) is 17.7. The van der Waals surface area contributed by atoms with E-state index in [1.54, 1.807) is 0 Å². The van der Waals surface area contributed by atoms with E-state index in [0.717, 1.165) is 32.4 Å². The van der Waals surface area contributed by atoms with Gasteiger partial charge in [-0.2, -0.15) is 0 Å². The summed E-state index contributed by atoms with van der Waals surface area (Å²) in [6.07, 6.45) is 2.95. The first kappa shape index (κ1) is 20.0. The fourth-order valence-corrected chi connectivity index (χ4v) is 3.68. The Morgan fingerprint density at radius 2 is 1.85 bits per heavy atom. The summed E-state index contributed by atoms with van der Waals surface area (Å²) in [5, 5.41) is 13.6. The van der Waals surface area contributed by atoms with Crippen LogP contribution in [0.3, 0.4) is 0 Å². The number of nitrogens with zero attached hydrogens (tertiary/aromatic N) is 1. The fraction of sp³-hybridized carbons (Fsp3) is 0.478. The highest BCUT2D eigenvalue weighted by Crippen LogP contribution is 2.32. The molecule has 0 saturated carbocycles. The van der Waals surface area contributed by atoms with Crippen molar-refractivity contribution in [3.63, 3.8) is 0 Å². The van der Waals surface area contributed by atoms with Crippen LogP contribution < -0.4 is 5.32 Å². The average Bonchev–Trinajstić information content (AvgIpc) is 2.67. The number of nitrogens with one attached hydrogen (secondary N) is 1. The van der Waals surface area contributed by atoms with Crippen LogP contribution in [0.25, 0.3) is 0 Å². The lowest BCUT2D eigenvalue weighted by atomic mass is 9.89. The van der Waals surface area contributed by atoms with Gasteiger partial charge >= 0.3 is 0 Å². The highest BCUT2D eigenvalue weighted by Gasteiger charge is 2.21. The second kappa shape index (κ2) is 10.00. The quantitative estimate of drug-likeness (QED) is 0.713. The van der Waals surface area contributed by atoms with Gasteiger partial charge in [0.05, 0.1) is 18.8 Å². The number of aliphatic hydroxyl groups excluding tert-OH is 1. The number of ether oxygens (including phenoxy) is 1. The van der Waals surface area contributed by atoms with Crippen molar-refractivity contribution in [1.82, 2.24) is 10.2 Å². The summed E-state index contributed by atoms with van der Waals surface area (Å²) in [6.45, 7) is 2.61. The molecule has 0 bridgehead atoms. The Morgan fingerprint density at radius 3 is 2.63 bits per heavy atom. The topological polar surface area (TPSA) is 44.7 Å². The van der Waals surface area contributed by atoms with Gasteiger partial charge < -0.3 is 20.1 Å². The maximum absolute atomic E-state index is 10.3. The number of hydrogen-bond acceptors (Lipinski definition) is 4. The molecule has 0 amide bonds. The SMILES string of the molecule is CN(C)Cc1ccc(CNC[C@@H](O)CO[C@@H]2CCCc3ccccc32)cc1. The third kappa shape index (κ3) is 6.15. The van der Waals surface area contributed by atoms with Crippen LogP contribution in [0.1, 0.15) is 41.2 Å². The number of aryl methyl sites for hydroxylation is 1. The molecule has 27 heavy (non-hydrogen) atoms. The summed E-state index contributed by atoms with van der Waals surface area (Å²) in [5.74, 6) is 0. The van der Waals surface area contributed by atoms with Gasteiger partial charge in [0.15, 0.2) is 0 Å². The van der Waals surface area contributed by atoms with E-state index in [9.17, 15) is 5.11 Å². The molecule has 0 unspecified atom stereocenters. The van der Waals surface area contributed by atoms with Crippen molar-refractivity contribution in [1.29, 1.82) is 0 Å². The molecule has 2 atom stereocenters. The summed E-state index contributed by atoms with van der Waals surface area (Å²) in [5.41, 5.74) is 5.22. The first-order valence-corrected chi connectivity index (χ1v) is 9.92. The highest BCUT2D eigenvalue weighted by atomic mass is 16.5. The van der Waals surface area contributed by atoms with E-state index in [4.69, 9.17) is 4.74 Å². The second-order valence-corrected chi connectivity index (χ2v) is 7.75. The Balaban J connectivity index is 1.38. The molecule has 2 N–H and O–H groups in total. The molecule has 3 rings (SSSR count). The van der Waals surface area contributed by atoms with E-state index >= 15 is 0 Å². The van der Waals surface area contributed by atoms with Crippen LogP contribution >= 0.6 is 0 Å². The van der Waals surface area contributed by atoms with Crippen molar-refractivity contribution < 1.29 is 9.84 Å². The van der Waals surface area contributed by atoms with Crippen molar-refractivity contribution in [3.05, 3.63) is 70.8 Å². The lowest BCUT2D eigenvalue weighted by Gasteiger charge is -2.26. The Kier molecular flexibility index (Phi) is 7.41. The molecule has 0 aliphatic heterocycles. The zero-order valence-corrected chi connectivity index (χ0v) is 16.5. The molecule has 4 nitrogen and oxygen atoms in total. The summed E-state index contributed by atoms with van der Waals surface area (Å²) in [4.78, 5) is 2.16. The largest absolute Gasteiger partial charge is 0.389 e. The van der Waals surface area contributed by atoms with Crippen LogP contribution in [0.15, 0.2) is 48.5 Å². The molecule has 0 aromatic heterocycles. The minimum atomic E-state index is -0.493. The summed E-state index contributed by atoms with van der Waals surface area (Å²) < 4.78 is 6.03. The molecule has 1 aliphatic rings. The zero-order valence-electron chi connectivity index (χ0n) is 16.5. The van der Waals surface area contributed by atoms with Crippen molar-refractivity contribution in [2.75, 3.05) is 27.2 Å². The first-order chi connectivity index (χ1) is 13.1. The number of benzene rings is 2. The van der Waals surface area contributed by atoms with Gasteiger partial charge in [-0.05, 0) is 55.6 Å². The Hall–Kier alpha value is -1.72. The molecule has 0 saturated heterocycles. The molecule has 0 radical (unpaired) electrons. The number of hydrogen-bond donors (Lipinski definition) is 2. The Bertz CT molecular complexity index is 700. The van der Waals surface area contributed by atoms with Crippen LogP contribution in [-0.4, -0.2) is 43.4 Å². The molecule has 0 spiro atoms. The number of aliphatic hydroxyl groups is 1. The second-order valence-electron chi connectivity index (χ2n) is 7.75. The molecule has 0 heterocycles. The maximum atomic E-state index is 10.3. The van der Waals surface area contributed by atoms with Crippen LogP contribution in [0.5, 0.6) is 0 Å². The molecule has 146 valence electrons. The molecule has 0 fully saturated rings. The third-order valence-electron chi connectivity index (χ3n) is 5.04. The van der Waals surface area contributed by atoms with Gasteiger partial charge in [-0.1, -0.05) is 48.5 Å². The van der Waals surface area contributed by atoms with Crippen molar-refractivity contribution >= 4 is 0 Å². The van der Waals surface area contributed by atoms with Gasteiger partial charge in [-0.15, -0.1) is 0 Å². The predicted octanol–water partition coefficient (Wildman–Crippen LogP) is 3.29. The summed E-state index contributed by atoms with van der Waals surface area (Å²) >= 11 is 0. The van der Waals surface area contributed by atoms with Gasteiger partial charge in [0.2, 0.25) is 0 Å². The zero-order chi connectivity index (χ0) is 19.1.